The Labute approximate surface area is 101 Å². The van der Waals surface area contributed by atoms with Gasteiger partial charge in [-0.15, -0.1) is 0 Å². The molecule has 0 atom stereocenters. The van der Waals surface area contributed by atoms with Gasteiger partial charge in [0.05, 0.1) is 12.7 Å². The van der Waals surface area contributed by atoms with Crippen LogP contribution in [-0.2, 0) is 0 Å². The van der Waals surface area contributed by atoms with E-state index in [-0.39, 0.29) is 0 Å². The van der Waals surface area contributed by atoms with E-state index in [1.807, 2.05) is 31.2 Å². The van der Waals surface area contributed by atoms with Gasteiger partial charge in [-0.2, -0.15) is 0 Å². The van der Waals surface area contributed by atoms with Crippen molar-refractivity contribution >= 4 is 6.29 Å². The van der Waals surface area contributed by atoms with Crippen LogP contribution >= 0.6 is 0 Å². The van der Waals surface area contributed by atoms with E-state index in [2.05, 4.69) is 0 Å². The molecule has 0 saturated carbocycles. The van der Waals surface area contributed by atoms with Crippen molar-refractivity contribution in [3.63, 3.8) is 0 Å². The number of methoxy groups -OCH3 is 1. The average molecular weight is 232 g/mol. The molecule has 3 nitrogen and oxygen atoms in total. The quantitative estimate of drug-likeness (QED) is 0.558. The normalized spacial score (nSPS) is 10.9. The van der Waals surface area contributed by atoms with Gasteiger partial charge in [0.1, 0.15) is 18.1 Å². The second kappa shape index (κ2) is 7.28. The first-order chi connectivity index (χ1) is 8.31. The molecule has 0 bridgehead atoms. The number of ether oxygens (including phenoxy) is 2. The zero-order chi connectivity index (χ0) is 12.5. The fourth-order valence-electron chi connectivity index (χ4n) is 1.26. The van der Waals surface area contributed by atoms with Gasteiger partial charge in [0.2, 0.25) is 0 Å². The lowest BCUT2D eigenvalue weighted by atomic mass is 10.2. The Hall–Kier alpha value is -2.03. The third kappa shape index (κ3) is 4.15. The summed E-state index contributed by atoms with van der Waals surface area (Å²) in [5.41, 5.74) is 0.490. The molecule has 0 aliphatic heterocycles. The number of carbonyl (C=O) groups excluding carboxylic acids is 1. The third-order valence-electron chi connectivity index (χ3n) is 2.12. The Morgan fingerprint density at radius 3 is 2.76 bits per heavy atom. The van der Waals surface area contributed by atoms with Crippen molar-refractivity contribution in [1.29, 1.82) is 0 Å². The molecule has 0 aliphatic rings. The Balaban J connectivity index is 2.67. The van der Waals surface area contributed by atoms with Crippen LogP contribution in [0.3, 0.4) is 0 Å². The average Bonchev–Trinajstić information content (AvgIpc) is 2.38. The second-order valence-electron chi connectivity index (χ2n) is 3.29. The lowest BCUT2D eigenvalue weighted by molar-refractivity contribution is 0.111. The Morgan fingerprint density at radius 2 is 2.12 bits per heavy atom. The molecule has 0 unspecified atom stereocenters. The first-order valence-corrected chi connectivity index (χ1v) is 5.35. The second-order valence-corrected chi connectivity index (χ2v) is 3.29. The SMILES string of the molecule is CC=CC=CCOc1ccc(OC)cc1C=O. The highest BCUT2D eigenvalue weighted by Gasteiger charge is 2.03. The van der Waals surface area contributed by atoms with E-state index in [0.29, 0.717) is 23.7 Å². The highest BCUT2D eigenvalue weighted by atomic mass is 16.5. The third-order valence-corrected chi connectivity index (χ3v) is 2.12. The summed E-state index contributed by atoms with van der Waals surface area (Å²) in [6.07, 6.45) is 8.37. The Kier molecular flexibility index (Phi) is 5.58. The molecule has 0 aliphatic carbocycles. The molecule has 17 heavy (non-hydrogen) atoms. The van der Waals surface area contributed by atoms with Crippen molar-refractivity contribution in [2.75, 3.05) is 13.7 Å². The summed E-state index contributed by atoms with van der Waals surface area (Å²) in [6.45, 7) is 2.37. The first kappa shape index (κ1) is 13.0. The number of allylic oxidation sites excluding steroid dienone is 3. The van der Waals surface area contributed by atoms with Gasteiger partial charge in [0.25, 0.3) is 0 Å². The number of carbonyl (C=O) groups is 1. The molecule has 0 fully saturated rings. The lowest BCUT2D eigenvalue weighted by Gasteiger charge is -2.07. The van der Waals surface area contributed by atoms with Crippen LogP contribution in [0.5, 0.6) is 11.5 Å². The first-order valence-electron chi connectivity index (χ1n) is 5.35. The summed E-state index contributed by atoms with van der Waals surface area (Å²) < 4.78 is 10.5. The molecule has 1 aromatic carbocycles. The molecule has 0 heterocycles. The minimum atomic E-state index is 0.428. The summed E-state index contributed by atoms with van der Waals surface area (Å²) in [6, 6.07) is 5.14. The molecule has 0 N–H and O–H groups in total. The summed E-state index contributed by atoms with van der Waals surface area (Å²) in [5.74, 6) is 1.20. The number of hydrogen-bond acceptors (Lipinski definition) is 3. The molecular weight excluding hydrogens is 216 g/mol. The monoisotopic (exact) mass is 232 g/mol. The van der Waals surface area contributed by atoms with Crippen molar-refractivity contribution in [2.45, 2.75) is 6.92 Å². The van der Waals surface area contributed by atoms with Crippen molar-refractivity contribution in [3.05, 3.63) is 48.1 Å². The summed E-state index contributed by atoms with van der Waals surface area (Å²) >= 11 is 0. The van der Waals surface area contributed by atoms with Crippen molar-refractivity contribution in [1.82, 2.24) is 0 Å². The van der Waals surface area contributed by atoms with Crippen LogP contribution in [0.4, 0.5) is 0 Å². The van der Waals surface area contributed by atoms with Gasteiger partial charge < -0.3 is 9.47 Å². The van der Waals surface area contributed by atoms with Crippen LogP contribution in [-0.4, -0.2) is 20.0 Å². The van der Waals surface area contributed by atoms with Gasteiger partial charge in [-0.05, 0) is 31.2 Å². The zero-order valence-electron chi connectivity index (χ0n) is 10.1. The van der Waals surface area contributed by atoms with Gasteiger partial charge in [-0.1, -0.05) is 18.2 Å². The van der Waals surface area contributed by atoms with E-state index in [0.717, 1.165) is 6.29 Å². The molecule has 1 aromatic rings. The zero-order valence-corrected chi connectivity index (χ0v) is 10.1. The van der Waals surface area contributed by atoms with Gasteiger partial charge in [-0.3, -0.25) is 4.79 Å². The van der Waals surface area contributed by atoms with Crippen LogP contribution in [0, 0.1) is 0 Å². The fraction of sp³-hybridized carbons (Fsp3) is 0.214. The largest absolute Gasteiger partial charge is 0.497 e. The standard InChI is InChI=1S/C14H16O3/c1-3-4-5-6-9-17-14-8-7-13(16-2)10-12(14)11-15/h3-8,10-11H,9H2,1-2H3. The summed E-state index contributed by atoms with van der Waals surface area (Å²) in [5, 5.41) is 0. The van der Waals surface area contributed by atoms with Crippen LogP contribution in [0.1, 0.15) is 17.3 Å². The van der Waals surface area contributed by atoms with Crippen LogP contribution in [0.15, 0.2) is 42.5 Å². The van der Waals surface area contributed by atoms with Crippen molar-refractivity contribution < 1.29 is 14.3 Å². The van der Waals surface area contributed by atoms with Gasteiger partial charge in [0, 0.05) is 0 Å². The van der Waals surface area contributed by atoms with Crippen LogP contribution < -0.4 is 9.47 Å². The minimum Gasteiger partial charge on any atom is -0.497 e. The van der Waals surface area contributed by atoms with E-state index in [1.54, 1.807) is 25.3 Å². The van der Waals surface area contributed by atoms with Crippen LogP contribution in [0.2, 0.25) is 0 Å². The predicted molar refractivity (Wildman–Crippen MR) is 67.8 cm³/mol. The van der Waals surface area contributed by atoms with E-state index < -0.39 is 0 Å². The lowest BCUT2D eigenvalue weighted by Crippen LogP contribution is -1.97. The molecule has 90 valence electrons. The number of aldehydes is 1. The number of benzene rings is 1. The molecule has 3 heteroatoms. The molecule has 1 rings (SSSR count). The highest BCUT2D eigenvalue weighted by Crippen LogP contribution is 2.22. The molecule has 0 saturated heterocycles. The van der Waals surface area contributed by atoms with Crippen LogP contribution in [0.25, 0.3) is 0 Å². The molecule has 0 radical (unpaired) electrons. The maximum absolute atomic E-state index is 10.9. The van der Waals surface area contributed by atoms with Gasteiger partial charge in [0.15, 0.2) is 6.29 Å². The van der Waals surface area contributed by atoms with Crippen molar-refractivity contribution in [2.24, 2.45) is 0 Å². The topological polar surface area (TPSA) is 35.5 Å². The predicted octanol–water partition coefficient (Wildman–Crippen LogP) is 3.02. The summed E-state index contributed by atoms with van der Waals surface area (Å²) in [4.78, 5) is 10.9. The minimum absolute atomic E-state index is 0.428. The van der Waals surface area contributed by atoms with E-state index in [4.69, 9.17) is 9.47 Å². The van der Waals surface area contributed by atoms with E-state index in [1.165, 1.54) is 0 Å². The number of rotatable bonds is 6. The molecule has 0 spiro atoms. The van der Waals surface area contributed by atoms with Gasteiger partial charge in [-0.25, -0.2) is 0 Å². The Bertz CT molecular complexity index is 419. The van der Waals surface area contributed by atoms with Crippen molar-refractivity contribution in [3.8, 4) is 11.5 Å². The van der Waals surface area contributed by atoms with E-state index >= 15 is 0 Å². The number of hydrogen-bond donors (Lipinski definition) is 0. The smallest absolute Gasteiger partial charge is 0.153 e. The maximum Gasteiger partial charge on any atom is 0.153 e. The fourth-order valence-corrected chi connectivity index (χ4v) is 1.26. The molecule has 0 amide bonds. The highest BCUT2D eigenvalue weighted by molar-refractivity contribution is 5.80. The van der Waals surface area contributed by atoms with E-state index in [9.17, 15) is 4.79 Å². The molecular formula is C14H16O3. The van der Waals surface area contributed by atoms with Gasteiger partial charge >= 0.3 is 0 Å². The summed E-state index contributed by atoms with van der Waals surface area (Å²) in [7, 11) is 1.56. The molecule has 0 aromatic heterocycles. The Morgan fingerprint density at radius 1 is 1.29 bits per heavy atom. The maximum atomic E-state index is 10.9.